The van der Waals surface area contributed by atoms with Crippen molar-refractivity contribution in [1.29, 1.82) is 0 Å². The van der Waals surface area contributed by atoms with E-state index in [0.717, 1.165) is 12.8 Å². The van der Waals surface area contributed by atoms with Gasteiger partial charge in [-0.3, -0.25) is 0 Å². The maximum absolute atomic E-state index is 11.9. The first-order chi connectivity index (χ1) is 9.85. The van der Waals surface area contributed by atoms with Gasteiger partial charge in [0.2, 0.25) is 0 Å². The lowest BCUT2D eigenvalue weighted by atomic mass is 9.88. The Labute approximate surface area is 127 Å². The SMILES string of the molecule is CN(C(=O)OC(C)(C)C)[C@H]1C[C@H](OCc2ccccc2)C1. The van der Waals surface area contributed by atoms with E-state index in [-0.39, 0.29) is 18.2 Å². The second-order valence-electron chi connectivity index (χ2n) is 6.64. The summed E-state index contributed by atoms with van der Waals surface area (Å²) in [5, 5.41) is 0. The van der Waals surface area contributed by atoms with E-state index in [4.69, 9.17) is 9.47 Å². The van der Waals surface area contributed by atoms with Crippen LogP contribution < -0.4 is 0 Å². The lowest BCUT2D eigenvalue weighted by Crippen LogP contribution is -2.50. The first kappa shape index (κ1) is 15.8. The molecule has 2 rings (SSSR count). The highest BCUT2D eigenvalue weighted by molar-refractivity contribution is 5.68. The van der Waals surface area contributed by atoms with E-state index in [1.807, 2.05) is 39.0 Å². The molecule has 1 aromatic rings. The van der Waals surface area contributed by atoms with Crippen molar-refractivity contribution in [1.82, 2.24) is 4.90 Å². The average Bonchev–Trinajstić information content (AvgIpc) is 2.35. The van der Waals surface area contributed by atoms with Crippen LogP contribution in [0.3, 0.4) is 0 Å². The van der Waals surface area contributed by atoms with Crippen molar-refractivity contribution in [3.63, 3.8) is 0 Å². The highest BCUT2D eigenvalue weighted by Gasteiger charge is 2.36. The van der Waals surface area contributed by atoms with Gasteiger partial charge in [0, 0.05) is 13.1 Å². The number of hydrogen-bond acceptors (Lipinski definition) is 3. The molecule has 0 atom stereocenters. The van der Waals surface area contributed by atoms with Crippen molar-refractivity contribution < 1.29 is 14.3 Å². The largest absolute Gasteiger partial charge is 0.444 e. The number of ether oxygens (including phenoxy) is 2. The van der Waals surface area contributed by atoms with E-state index in [2.05, 4.69) is 12.1 Å². The number of rotatable bonds is 4. The summed E-state index contributed by atoms with van der Waals surface area (Å²) in [7, 11) is 1.80. The van der Waals surface area contributed by atoms with E-state index >= 15 is 0 Å². The Kier molecular flexibility index (Phi) is 4.88. The summed E-state index contributed by atoms with van der Waals surface area (Å²) in [5.41, 5.74) is 0.736. The van der Waals surface area contributed by atoms with Gasteiger partial charge in [0.1, 0.15) is 5.60 Å². The van der Waals surface area contributed by atoms with Gasteiger partial charge in [-0.2, -0.15) is 0 Å². The molecule has 0 aliphatic heterocycles. The minimum absolute atomic E-state index is 0.223. The van der Waals surface area contributed by atoms with E-state index in [1.165, 1.54) is 5.56 Å². The Balaban J connectivity index is 1.70. The number of hydrogen-bond donors (Lipinski definition) is 0. The molecular weight excluding hydrogens is 266 g/mol. The first-order valence-corrected chi connectivity index (χ1v) is 7.46. The maximum Gasteiger partial charge on any atom is 0.410 e. The molecule has 4 heteroatoms. The maximum atomic E-state index is 11.9. The fourth-order valence-corrected chi connectivity index (χ4v) is 2.26. The Bertz CT molecular complexity index is 461. The Morgan fingerprint density at radius 3 is 2.43 bits per heavy atom. The van der Waals surface area contributed by atoms with Crippen LogP contribution in [0.2, 0.25) is 0 Å². The molecule has 1 aliphatic rings. The van der Waals surface area contributed by atoms with Crippen LogP contribution in [-0.2, 0) is 16.1 Å². The standard InChI is InChI=1S/C17H25NO3/c1-17(2,3)21-16(19)18(4)14-10-15(11-14)20-12-13-8-6-5-7-9-13/h5-9,14-15H,10-12H2,1-4H3/t14-,15-. The fourth-order valence-electron chi connectivity index (χ4n) is 2.26. The second-order valence-corrected chi connectivity index (χ2v) is 6.64. The zero-order valence-corrected chi connectivity index (χ0v) is 13.3. The third-order valence-electron chi connectivity index (χ3n) is 3.63. The van der Waals surface area contributed by atoms with Crippen LogP contribution in [0.25, 0.3) is 0 Å². The molecule has 1 amide bonds. The molecule has 0 radical (unpaired) electrons. The van der Waals surface area contributed by atoms with Crippen LogP contribution in [0.1, 0.15) is 39.2 Å². The van der Waals surface area contributed by atoms with Crippen LogP contribution in [0, 0.1) is 0 Å². The number of nitrogens with zero attached hydrogens (tertiary/aromatic N) is 1. The molecule has 0 N–H and O–H groups in total. The number of carbonyl (C=O) groups excluding carboxylic acids is 1. The monoisotopic (exact) mass is 291 g/mol. The minimum atomic E-state index is -0.446. The number of carbonyl (C=O) groups is 1. The second kappa shape index (κ2) is 6.48. The van der Waals surface area contributed by atoms with E-state index in [0.29, 0.717) is 6.61 Å². The van der Waals surface area contributed by atoms with Gasteiger partial charge in [0.05, 0.1) is 12.7 Å². The van der Waals surface area contributed by atoms with E-state index < -0.39 is 5.60 Å². The normalized spacial score (nSPS) is 21.5. The Morgan fingerprint density at radius 2 is 1.86 bits per heavy atom. The van der Waals surface area contributed by atoms with Gasteiger partial charge in [-0.05, 0) is 39.2 Å². The molecular formula is C17H25NO3. The van der Waals surface area contributed by atoms with Gasteiger partial charge in [-0.25, -0.2) is 4.79 Å². The zero-order chi connectivity index (χ0) is 15.5. The van der Waals surface area contributed by atoms with Crippen LogP contribution in [-0.4, -0.2) is 35.8 Å². The van der Waals surface area contributed by atoms with Crippen molar-refractivity contribution in [2.75, 3.05) is 7.05 Å². The Hall–Kier alpha value is -1.55. The van der Waals surface area contributed by atoms with Crippen molar-refractivity contribution in [3.8, 4) is 0 Å². The predicted molar refractivity (Wildman–Crippen MR) is 82.0 cm³/mol. The van der Waals surface area contributed by atoms with Crippen LogP contribution in [0.4, 0.5) is 4.79 Å². The molecule has 0 bridgehead atoms. The topological polar surface area (TPSA) is 38.8 Å². The van der Waals surface area contributed by atoms with Gasteiger partial charge < -0.3 is 14.4 Å². The van der Waals surface area contributed by atoms with Crippen LogP contribution in [0.15, 0.2) is 30.3 Å². The van der Waals surface area contributed by atoms with Gasteiger partial charge in [-0.1, -0.05) is 30.3 Å². The van der Waals surface area contributed by atoms with Crippen molar-refractivity contribution in [2.24, 2.45) is 0 Å². The smallest absolute Gasteiger partial charge is 0.410 e. The molecule has 0 saturated heterocycles. The minimum Gasteiger partial charge on any atom is -0.444 e. The molecule has 116 valence electrons. The quantitative estimate of drug-likeness (QED) is 0.850. The summed E-state index contributed by atoms with van der Waals surface area (Å²) < 4.78 is 11.2. The van der Waals surface area contributed by atoms with Crippen LogP contribution >= 0.6 is 0 Å². The van der Waals surface area contributed by atoms with Crippen molar-refractivity contribution >= 4 is 6.09 Å². The van der Waals surface area contributed by atoms with Gasteiger partial charge in [0.25, 0.3) is 0 Å². The first-order valence-electron chi connectivity index (χ1n) is 7.46. The van der Waals surface area contributed by atoms with Crippen molar-refractivity contribution in [3.05, 3.63) is 35.9 Å². The molecule has 4 nitrogen and oxygen atoms in total. The molecule has 1 aromatic carbocycles. The van der Waals surface area contributed by atoms with E-state index in [1.54, 1.807) is 11.9 Å². The summed E-state index contributed by atoms with van der Waals surface area (Å²) in [5.74, 6) is 0. The highest BCUT2D eigenvalue weighted by atomic mass is 16.6. The molecule has 21 heavy (non-hydrogen) atoms. The lowest BCUT2D eigenvalue weighted by Gasteiger charge is -2.41. The number of benzene rings is 1. The molecule has 1 saturated carbocycles. The Morgan fingerprint density at radius 1 is 1.24 bits per heavy atom. The molecule has 0 aromatic heterocycles. The molecule has 0 unspecified atom stereocenters. The summed E-state index contributed by atoms with van der Waals surface area (Å²) in [6.07, 6.45) is 1.74. The summed E-state index contributed by atoms with van der Waals surface area (Å²) in [6.45, 7) is 6.27. The molecule has 0 spiro atoms. The fraction of sp³-hybridized carbons (Fsp3) is 0.588. The predicted octanol–water partition coefficient (Wildman–Crippen LogP) is 3.60. The zero-order valence-electron chi connectivity index (χ0n) is 13.3. The highest BCUT2D eigenvalue weighted by Crippen LogP contribution is 2.29. The summed E-state index contributed by atoms with van der Waals surface area (Å²) >= 11 is 0. The number of amides is 1. The third kappa shape index (κ3) is 4.74. The van der Waals surface area contributed by atoms with E-state index in [9.17, 15) is 4.79 Å². The van der Waals surface area contributed by atoms with Gasteiger partial charge in [0.15, 0.2) is 0 Å². The third-order valence-corrected chi connectivity index (χ3v) is 3.63. The van der Waals surface area contributed by atoms with Gasteiger partial charge in [-0.15, -0.1) is 0 Å². The summed E-state index contributed by atoms with van der Waals surface area (Å²) in [6, 6.07) is 10.4. The average molecular weight is 291 g/mol. The van der Waals surface area contributed by atoms with Crippen molar-refractivity contribution in [2.45, 2.75) is 58.0 Å². The molecule has 0 heterocycles. The molecule has 1 fully saturated rings. The van der Waals surface area contributed by atoms with Gasteiger partial charge >= 0.3 is 6.09 Å². The lowest BCUT2D eigenvalue weighted by molar-refractivity contribution is -0.0579. The molecule has 1 aliphatic carbocycles. The van der Waals surface area contributed by atoms with Crippen LogP contribution in [0.5, 0.6) is 0 Å². The summed E-state index contributed by atoms with van der Waals surface area (Å²) in [4.78, 5) is 13.6.